The second-order valence-electron chi connectivity index (χ2n) is 3.07. The molecule has 0 atom stereocenters. The Kier molecular flexibility index (Phi) is 1.61. The van der Waals surface area contributed by atoms with Crippen LogP contribution in [0.2, 0.25) is 0 Å². The summed E-state index contributed by atoms with van der Waals surface area (Å²) in [6, 6.07) is 9.86. The molecule has 2 aromatic heterocycles. The van der Waals surface area contributed by atoms with E-state index in [1.165, 1.54) is 0 Å². The maximum atomic E-state index is 5.59. The Morgan fingerprint density at radius 1 is 1.14 bits per heavy atom. The van der Waals surface area contributed by atoms with Gasteiger partial charge in [0.1, 0.15) is 5.58 Å². The predicted octanol–water partition coefficient (Wildman–Crippen LogP) is 3.74. The molecule has 0 bridgehead atoms. The summed E-state index contributed by atoms with van der Waals surface area (Å²) in [6.07, 6.45) is 1.73. The molecule has 0 N–H and O–H groups in total. The highest BCUT2D eigenvalue weighted by molar-refractivity contribution is 9.10. The lowest BCUT2D eigenvalue weighted by atomic mass is 10.2. The third kappa shape index (κ3) is 0.990. The van der Waals surface area contributed by atoms with Gasteiger partial charge in [-0.05, 0) is 28.1 Å². The lowest BCUT2D eigenvalue weighted by molar-refractivity contribution is 0.654. The zero-order valence-corrected chi connectivity index (χ0v) is 8.78. The van der Waals surface area contributed by atoms with Gasteiger partial charge in [-0.25, -0.2) is 4.98 Å². The number of furan rings is 1. The van der Waals surface area contributed by atoms with Gasteiger partial charge in [-0.15, -0.1) is 0 Å². The average molecular weight is 248 g/mol. The van der Waals surface area contributed by atoms with Crippen LogP contribution >= 0.6 is 15.9 Å². The van der Waals surface area contributed by atoms with Crippen molar-refractivity contribution >= 4 is 38.0 Å². The van der Waals surface area contributed by atoms with E-state index >= 15 is 0 Å². The molecule has 0 unspecified atom stereocenters. The van der Waals surface area contributed by atoms with E-state index in [2.05, 4.69) is 20.9 Å². The fourth-order valence-corrected chi connectivity index (χ4v) is 2.11. The van der Waals surface area contributed by atoms with Gasteiger partial charge in [0.05, 0.1) is 5.39 Å². The number of benzene rings is 1. The number of halogens is 1. The van der Waals surface area contributed by atoms with Crippen molar-refractivity contribution in [3.63, 3.8) is 0 Å². The number of hydrogen-bond donors (Lipinski definition) is 0. The molecule has 0 aliphatic heterocycles. The molecule has 0 radical (unpaired) electrons. The lowest BCUT2D eigenvalue weighted by Gasteiger charge is -1.90. The molecule has 68 valence electrons. The Bertz CT molecular complexity index is 615. The third-order valence-corrected chi connectivity index (χ3v) is 2.89. The molecule has 2 heterocycles. The van der Waals surface area contributed by atoms with E-state index in [4.69, 9.17) is 4.42 Å². The quantitative estimate of drug-likeness (QED) is 0.605. The Labute approximate surface area is 88.7 Å². The first-order valence-electron chi connectivity index (χ1n) is 4.28. The monoisotopic (exact) mass is 247 g/mol. The molecule has 0 spiro atoms. The molecule has 0 aliphatic rings. The Balaban J connectivity index is 2.65. The molecule has 0 saturated carbocycles. The molecule has 14 heavy (non-hydrogen) atoms. The lowest BCUT2D eigenvalue weighted by Crippen LogP contribution is -1.72. The first kappa shape index (κ1) is 8.00. The minimum Gasteiger partial charge on any atom is -0.438 e. The van der Waals surface area contributed by atoms with Gasteiger partial charge < -0.3 is 4.42 Å². The molecular weight excluding hydrogens is 242 g/mol. The number of hydrogen-bond acceptors (Lipinski definition) is 2. The smallest absolute Gasteiger partial charge is 0.228 e. The van der Waals surface area contributed by atoms with Crippen LogP contribution in [0.5, 0.6) is 0 Å². The van der Waals surface area contributed by atoms with E-state index in [0.717, 1.165) is 20.8 Å². The van der Waals surface area contributed by atoms with Crippen LogP contribution in [0.4, 0.5) is 0 Å². The largest absolute Gasteiger partial charge is 0.438 e. The molecule has 0 fully saturated rings. The topological polar surface area (TPSA) is 26.0 Å². The summed E-state index contributed by atoms with van der Waals surface area (Å²) in [5.41, 5.74) is 1.56. The summed E-state index contributed by atoms with van der Waals surface area (Å²) in [7, 11) is 0. The summed E-state index contributed by atoms with van der Waals surface area (Å²) >= 11 is 3.50. The zero-order chi connectivity index (χ0) is 9.54. The number of pyridine rings is 1. The van der Waals surface area contributed by atoms with Gasteiger partial charge in [0.15, 0.2) is 0 Å². The van der Waals surface area contributed by atoms with Crippen molar-refractivity contribution in [3.8, 4) is 0 Å². The molecule has 1 aromatic carbocycles. The summed E-state index contributed by atoms with van der Waals surface area (Å²) in [5.74, 6) is 0. The van der Waals surface area contributed by atoms with Gasteiger partial charge in [-0.1, -0.05) is 18.2 Å². The molecule has 0 aliphatic carbocycles. The second-order valence-corrected chi connectivity index (χ2v) is 3.93. The summed E-state index contributed by atoms with van der Waals surface area (Å²) in [5, 5.41) is 2.14. The van der Waals surface area contributed by atoms with Crippen LogP contribution in [-0.4, -0.2) is 4.98 Å². The van der Waals surface area contributed by atoms with E-state index in [-0.39, 0.29) is 0 Å². The second kappa shape index (κ2) is 2.82. The molecule has 3 aromatic rings. The van der Waals surface area contributed by atoms with Gasteiger partial charge in [0.2, 0.25) is 5.71 Å². The van der Waals surface area contributed by atoms with Gasteiger partial charge in [-0.2, -0.15) is 0 Å². The predicted molar refractivity (Wildman–Crippen MR) is 59.2 cm³/mol. The molecular formula is C11H6BrNO. The van der Waals surface area contributed by atoms with Crippen molar-refractivity contribution in [1.29, 1.82) is 0 Å². The fraction of sp³-hybridized carbons (Fsp3) is 0. The van der Waals surface area contributed by atoms with Crippen LogP contribution < -0.4 is 0 Å². The van der Waals surface area contributed by atoms with Crippen molar-refractivity contribution in [3.05, 3.63) is 41.0 Å². The van der Waals surface area contributed by atoms with Crippen LogP contribution in [0.3, 0.4) is 0 Å². The van der Waals surface area contributed by atoms with Gasteiger partial charge in [-0.3, -0.25) is 0 Å². The van der Waals surface area contributed by atoms with Gasteiger partial charge in [0, 0.05) is 16.1 Å². The third-order valence-electron chi connectivity index (χ3n) is 2.23. The van der Waals surface area contributed by atoms with Gasteiger partial charge >= 0.3 is 0 Å². The number of nitrogens with zero attached hydrogens (tertiary/aromatic N) is 1. The van der Waals surface area contributed by atoms with E-state index < -0.39 is 0 Å². The van der Waals surface area contributed by atoms with Crippen LogP contribution in [0.1, 0.15) is 0 Å². The van der Waals surface area contributed by atoms with Crippen molar-refractivity contribution in [2.45, 2.75) is 0 Å². The Hall–Kier alpha value is -1.35. The van der Waals surface area contributed by atoms with Gasteiger partial charge in [0.25, 0.3) is 0 Å². The molecule has 2 nitrogen and oxygen atoms in total. The molecule has 3 heteroatoms. The normalized spacial score (nSPS) is 11.2. The minimum absolute atomic E-state index is 0.681. The zero-order valence-electron chi connectivity index (χ0n) is 7.20. The Morgan fingerprint density at radius 3 is 2.93 bits per heavy atom. The highest BCUT2D eigenvalue weighted by Gasteiger charge is 2.09. The fourth-order valence-electron chi connectivity index (χ4n) is 1.61. The Morgan fingerprint density at radius 2 is 2.00 bits per heavy atom. The van der Waals surface area contributed by atoms with Crippen molar-refractivity contribution in [2.75, 3.05) is 0 Å². The van der Waals surface area contributed by atoms with E-state index in [9.17, 15) is 0 Å². The van der Waals surface area contributed by atoms with E-state index in [1.807, 2.05) is 30.3 Å². The standard InChI is InChI=1S/C11H6BrNO/c12-8-5-6-13-11-10(8)7-3-1-2-4-9(7)14-11/h1-6H. The van der Waals surface area contributed by atoms with Crippen LogP contribution in [0.15, 0.2) is 45.4 Å². The number of aromatic nitrogens is 1. The number of fused-ring (bicyclic) bond motifs is 3. The maximum absolute atomic E-state index is 5.59. The first-order chi connectivity index (χ1) is 6.86. The highest BCUT2D eigenvalue weighted by Crippen LogP contribution is 2.32. The van der Waals surface area contributed by atoms with E-state index in [1.54, 1.807) is 6.20 Å². The number of rotatable bonds is 0. The SMILES string of the molecule is Brc1ccnc2oc3ccccc3c12. The van der Waals surface area contributed by atoms with Crippen LogP contribution in [-0.2, 0) is 0 Å². The van der Waals surface area contributed by atoms with Crippen molar-refractivity contribution in [2.24, 2.45) is 0 Å². The van der Waals surface area contributed by atoms with Crippen molar-refractivity contribution < 1.29 is 4.42 Å². The molecule has 3 rings (SSSR count). The van der Waals surface area contributed by atoms with Crippen molar-refractivity contribution in [1.82, 2.24) is 4.98 Å². The molecule has 0 amide bonds. The minimum atomic E-state index is 0.681. The summed E-state index contributed by atoms with van der Waals surface area (Å²) < 4.78 is 6.61. The maximum Gasteiger partial charge on any atom is 0.228 e. The first-order valence-corrected chi connectivity index (χ1v) is 5.07. The summed E-state index contributed by atoms with van der Waals surface area (Å²) in [6.45, 7) is 0. The number of para-hydroxylation sites is 1. The average Bonchev–Trinajstić information content (AvgIpc) is 2.57. The van der Waals surface area contributed by atoms with Crippen LogP contribution in [0, 0.1) is 0 Å². The van der Waals surface area contributed by atoms with Crippen LogP contribution in [0.25, 0.3) is 22.1 Å². The summed E-state index contributed by atoms with van der Waals surface area (Å²) in [4.78, 5) is 4.18. The van der Waals surface area contributed by atoms with E-state index in [0.29, 0.717) is 5.71 Å². The molecule has 0 saturated heterocycles. The highest BCUT2D eigenvalue weighted by atomic mass is 79.9.